The molecule has 1 unspecified atom stereocenters. The van der Waals surface area contributed by atoms with Gasteiger partial charge in [-0.05, 0) is 62.0 Å². The van der Waals surface area contributed by atoms with Crippen molar-refractivity contribution in [2.45, 2.75) is 69.3 Å². The molecule has 1 aromatic rings. The number of hydrogen-bond acceptors (Lipinski definition) is 2. The highest BCUT2D eigenvalue weighted by atomic mass is 16.3. The Labute approximate surface area is 128 Å². The molecule has 0 radical (unpaired) electrons. The van der Waals surface area contributed by atoms with Gasteiger partial charge in [-0.15, -0.1) is 0 Å². The maximum Gasteiger partial charge on any atom is 0.0756 e. The van der Waals surface area contributed by atoms with Gasteiger partial charge in [-0.25, -0.2) is 0 Å². The van der Waals surface area contributed by atoms with E-state index in [-0.39, 0.29) is 5.41 Å². The van der Waals surface area contributed by atoms with Crippen LogP contribution in [0.4, 0.5) is 0 Å². The van der Waals surface area contributed by atoms with Crippen LogP contribution < -0.4 is 5.73 Å². The summed E-state index contributed by atoms with van der Waals surface area (Å²) >= 11 is 0. The van der Waals surface area contributed by atoms with Crippen molar-refractivity contribution in [3.05, 3.63) is 35.4 Å². The zero-order valence-electron chi connectivity index (χ0n) is 13.3. The van der Waals surface area contributed by atoms with Gasteiger partial charge in [0, 0.05) is 12.0 Å². The van der Waals surface area contributed by atoms with E-state index in [4.69, 9.17) is 5.73 Å². The number of fused-ring (bicyclic) bond motifs is 1. The summed E-state index contributed by atoms with van der Waals surface area (Å²) in [4.78, 5) is 0. The molecule has 0 aliphatic heterocycles. The van der Waals surface area contributed by atoms with Crippen LogP contribution in [0.1, 0.15) is 63.0 Å². The van der Waals surface area contributed by atoms with Gasteiger partial charge in [-0.3, -0.25) is 0 Å². The van der Waals surface area contributed by atoms with E-state index in [2.05, 4.69) is 31.2 Å². The van der Waals surface area contributed by atoms with Crippen molar-refractivity contribution in [1.82, 2.24) is 0 Å². The van der Waals surface area contributed by atoms with Crippen LogP contribution in [0.25, 0.3) is 0 Å². The number of benzene rings is 1. The standard InChI is InChI=1S/C19H29NO/c1-2-15-9-12-19(21,13-10-15)18(14-20)11-5-7-16-6-3-4-8-17(16)18/h3-4,6,8,15,21H,2,5,7,9-14,20H2,1H3. The molecule has 2 nitrogen and oxygen atoms in total. The van der Waals surface area contributed by atoms with Gasteiger partial charge >= 0.3 is 0 Å². The maximum atomic E-state index is 11.5. The Hall–Kier alpha value is -0.860. The second-order valence-electron chi connectivity index (χ2n) is 7.18. The van der Waals surface area contributed by atoms with E-state index < -0.39 is 5.60 Å². The van der Waals surface area contributed by atoms with Gasteiger partial charge in [0.1, 0.15) is 0 Å². The molecule has 21 heavy (non-hydrogen) atoms. The highest BCUT2D eigenvalue weighted by Gasteiger charge is 2.52. The van der Waals surface area contributed by atoms with Gasteiger partial charge in [0.25, 0.3) is 0 Å². The lowest BCUT2D eigenvalue weighted by Crippen LogP contribution is -2.58. The molecule has 0 spiro atoms. The average Bonchev–Trinajstić information content (AvgIpc) is 2.55. The minimum atomic E-state index is -0.607. The summed E-state index contributed by atoms with van der Waals surface area (Å²) in [6.45, 7) is 2.83. The smallest absolute Gasteiger partial charge is 0.0756 e. The van der Waals surface area contributed by atoms with Crippen molar-refractivity contribution in [2.75, 3.05) is 6.54 Å². The van der Waals surface area contributed by atoms with Gasteiger partial charge in [0.05, 0.1) is 5.60 Å². The summed E-state index contributed by atoms with van der Waals surface area (Å²) in [6, 6.07) is 8.66. The molecule has 1 aromatic carbocycles. The Balaban J connectivity index is 1.98. The Morgan fingerprint density at radius 1 is 1.19 bits per heavy atom. The molecular formula is C19H29NO. The fourth-order valence-corrected chi connectivity index (χ4v) is 4.85. The molecule has 2 aliphatic rings. The van der Waals surface area contributed by atoms with Crippen molar-refractivity contribution in [1.29, 1.82) is 0 Å². The van der Waals surface area contributed by atoms with Crippen molar-refractivity contribution >= 4 is 0 Å². The van der Waals surface area contributed by atoms with Crippen LogP contribution in [-0.2, 0) is 11.8 Å². The van der Waals surface area contributed by atoms with Crippen LogP contribution in [0, 0.1) is 5.92 Å². The molecular weight excluding hydrogens is 258 g/mol. The van der Waals surface area contributed by atoms with Gasteiger partial charge in [-0.1, -0.05) is 37.6 Å². The highest BCUT2D eigenvalue weighted by Crippen LogP contribution is 2.51. The SMILES string of the molecule is CCC1CCC(O)(C2(CN)CCCc3ccccc32)CC1. The lowest BCUT2D eigenvalue weighted by Gasteiger charge is -2.53. The summed E-state index contributed by atoms with van der Waals surface area (Å²) in [7, 11) is 0. The van der Waals surface area contributed by atoms with E-state index in [1.54, 1.807) is 0 Å². The topological polar surface area (TPSA) is 46.2 Å². The molecule has 2 aliphatic carbocycles. The molecule has 0 aromatic heterocycles. The van der Waals surface area contributed by atoms with Crippen LogP contribution in [0.5, 0.6) is 0 Å². The number of aliphatic hydroxyl groups is 1. The van der Waals surface area contributed by atoms with Gasteiger partial charge in [-0.2, -0.15) is 0 Å². The molecule has 0 bridgehead atoms. The van der Waals surface area contributed by atoms with Crippen molar-refractivity contribution in [3.63, 3.8) is 0 Å². The molecule has 1 saturated carbocycles. The summed E-state index contributed by atoms with van der Waals surface area (Å²) in [6.07, 6.45) is 8.68. The van der Waals surface area contributed by atoms with E-state index in [1.165, 1.54) is 17.5 Å². The Morgan fingerprint density at radius 2 is 1.90 bits per heavy atom. The summed E-state index contributed by atoms with van der Waals surface area (Å²) < 4.78 is 0. The minimum Gasteiger partial charge on any atom is -0.389 e. The first-order valence-electron chi connectivity index (χ1n) is 8.66. The van der Waals surface area contributed by atoms with E-state index in [0.717, 1.165) is 50.9 Å². The van der Waals surface area contributed by atoms with Gasteiger partial charge in [0.15, 0.2) is 0 Å². The largest absolute Gasteiger partial charge is 0.389 e. The Kier molecular flexibility index (Phi) is 4.11. The number of rotatable bonds is 3. The van der Waals surface area contributed by atoms with Crippen LogP contribution >= 0.6 is 0 Å². The maximum absolute atomic E-state index is 11.5. The Morgan fingerprint density at radius 3 is 2.57 bits per heavy atom. The van der Waals surface area contributed by atoms with E-state index >= 15 is 0 Å². The summed E-state index contributed by atoms with van der Waals surface area (Å²) in [5, 5.41) is 11.5. The van der Waals surface area contributed by atoms with E-state index in [9.17, 15) is 5.11 Å². The van der Waals surface area contributed by atoms with Crippen molar-refractivity contribution in [2.24, 2.45) is 11.7 Å². The van der Waals surface area contributed by atoms with Crippen LogP contribution in [0.3, 0.4) is 0 Å². The van der Waals surface area contributed by atoms with Crippen LogP contribution in [-0.4, -0.2) is 17.3 Å². The average molecular weight is 287 g/mol. The third kappa shape index (κ3) is 2.33. The predicted molar refractivity (Wildman–Crippen MR) is 87.3 cm³/mol. The van der Waals surface area contributed by atoms with Gasteiger partial charge < -0.3 is 10.8 Å². The van der Waals surface area contributed by atoms with Crippen molar-refractivity contribution < 1.29 is 5.11 Å². The molecule has 3 N–H and O–H groups in total. The molecule has 3 rings (SSSR count). The quantitative estimate of drug-likeness (QED) is 0.893. The highest BCUT2D eigenvalue weighted by molar-refractivity contribution is 5.40. The van der Waals surface area contributed by atoms with E-state index in [0.29, 0.717) is 6.54 Å². The molecule has 1 atom stereocenters. The third-order valence-corrected chi connectivity index (χ3v) is 6.33. The fourth-order valence-electron chi connectivity index (χ4n) is 4.85. The molecule has 0 saturated heterocycles. The second-order valence-corrected chi connectivity index (χ2v) is 7.18. The molecule has 1 fully saturated rings. The molecule has 2 heteroatoms. The second kappa shape index (κ2) is 5.73. The van der Waals surface area contributed by atoms with Crippen molar-refractivity contribution in [3.8, 4) is 0 Å². The third-order valence-electron chi connectivity index (χ3n) is 6.33. The normalized spacial score (nSPS) is 36.2. The summed E-state index contributed by atoms with van der Waals surface area (Å²) in [5.41, 5.74) is 8.18. The molecule has 0 amide bonds. The summed E-state index contributed by atoms with van der Waals surface area (Å²) in [5.74, 6) is 0.791. The predicted octanol–water partition coefficient (Wildman–Crippen LogP) is 3.55. The zero-order chi connectivity index (χ0) is 14.9. The molecule has 0 heterocycles. The number of hydrogen-bond donors (Lipinski definition) is 2. The minimum absolute atomic E-state index is 0.222. The van der Waals surface area contributed by atoms with Crippen LogP contribution in [0.15, 0.2) is 24.3 Å². The fraction of sp³-hybridized carbons (Fsp3) is 0.684. The first-order chi connectivity index (χ1) is 10.1. The van der Waals surface area contributed by atoms with E-state index in [1.807, 2.05) is 0 Å². The first-order valence-corrected chi connectivity index (χ1v) is 8.66. The first kappa shape index (κ1) is 15.1. The van der Waals surface area contributed by atoms with Gasteiger partial charge in [0.2, 0.25) is 0 Å². The zero-order valence-corrected chi connectivity index (χ0v) is 13.3. The van der Waals surface area contributed by atoms with Crippen LogP contribution in [0.2, 0.25) is 0 Å². The number of aryl methyl sites for hydroxylation is 1. The Bertz CT molecular complexity index is 490. The lowest BCUT2D eigenvalue weighted by atomic mass is 9.56. The number of nitrogens with two attached hydrogens (primary N) is 1. The monoisotopic (exact) mass is 287 g/mol. The molecule has 116 valence electrons. The lowest BCUT2D eigenvalue weighted by molar-refractivity contribution is -0.0816.